The molecule has 0 radical (unpaired) electrons. The van der Waals surface area contributed by atoms with Crippen LogP contribution in [0.15, 0.2) is 24.3 Å². The van der Waals surface area contributed by atoms with Gasteiger partial charge in [-0.05, 0) is 19.1 Å². The number of rotatable bonds is 5. The van der Waals surface area contributed by atoms with Crippen molar-refractivity contribution in [1.29, 1.82) is 0 Å². The lowest BCUT2D eigenvalue weighted by atomic mass is 10.1. The second-order valence-electron chi connectivity index (χ2n) is 3.89. The topological polar surface area (TPSA) is 101 Å². The van der Waals surface area contributed by atoms with E-state index >= 15 is 0 Å². The number of carboxylic acid groups (broad SMARTS) is 1. The summed E-state index contributed by atoms with van der Waals surface area (Å²) in [5.74, 6) is -2.48. The zero-order valence-corrected chi connectivity index (χ0v) is 9.92. The fourth-order valence-electron chi connectivity index (χ4n) is 1.51. The van der Waals surface area contributed by atoms with Crippen LogP contribution in [-0.4, -0.2) is 40.9 Å². The molecule has 6 heteroatoms. The predicted molar refractivity (Wildman–Crippen MR) is 63.9 cm³/mol. The standard InChI is InChI=1S/C12H14N2O4/c1-8-3-2-4-9(5-8)12(18)14(6-10(13)15)7-11(16)17/h2-5H,6-7H2,1H3,(H2,13,15)(H,16,17). The first kappa shape index (κ1) is 13.7. The molecule has 3 N–H and O–H groups in total. The lowest BCUT2D eigenvalue weighted by Crippen LogP contribution is -2.41. The molecule has 0 unspecified atom stereocenters. The summed E-state index contributed by atoms with van der Waals surface area (Å²) in [5, 5.41) is 8.70. The van der Waals surface area contributed by atoms with Crippen molar-refractivity contribution in [1.82, 2.24) is 4.90 Å². The normalized spacial score (nSPS) is 9.83. The van der Waals surface area contributed by atoms with Gasteiger partial charge >= 0.3 is 5.97 Å². The minimum atomic E-state index is -1.20. The third-order valence-electron chi connectivity index (χ3n) is 2.23. The molecule has 0 aromatic heterocycles. The predicted octanol–water partition coefficient (Wildman–Crippen LogP) is 0.00712. The summed E-state index contributed by atoms with van der Waals surface area (Å²) in [6.45, 7) is 0.835. The van der Waals surface area contributed by atoms with Gasteiger partial charge in [-0.15, -0.1) is 0 Å². The summed E-state index contributed by atoms with van der Waals surface area (Å²) in [7, 11) is 0. The van der Waals surface area contributed by atoms with Crippen molar-refractivity contribution in [2.75, 3.05) is 13.1 Å². The molecule has 1 rings (SSSR count). The van der Waals surface area contributed by atoms with Crippen LogP contribution in [-0.2, 0) is 9.59 Å². The molecule has 0 aliphatic rings. The Kier molecular flexibility index (Phi) is 4.42. The van der Waals surface area contributed by atoms with E-state index in [-0.39, 0.29) is 0 Å². The molecule has 2 amide bonds. The first-order valence-electron chi connectivity index (χ1n) is 5.26. The first-order chi connectivity index (χ1) is 8.40. The summed E-state index contributed by atoms with van der Waals surface area (Å²) in [6.07, 6.45) is 0. The molecule has 0 bridgehead atoms. The van der Waals surface area contributed by atoms with Crippen LogP contribution in [0.5, 0.6) is 0 Å². The van der Waals surface area contributed by atoms with Crippen molar-refractivity contribution in [3.8, 4) is 0 Å². The lowest BCUT2D eigenvalue weighted by molar-refractivity contribution is -0.138. The molecule has 1 aromatic rings. The Balaban J connectivity index is 2.94. The van der Waals surface area contributed by atoms with Crippen LogP contribution in [0.3, 0.4) is 0 Å². The number of carbonyl (C=O) groups is 3. The highest BCUT2D eigenvalue weighted by Crippen LogP contribution is 2.07. The van der Waals surface area contributed by atoms with E-state index in [2.05, 4.69) is 0 Å². The molecule has 0 aliphatic carbocycles. The zero-order valence-electron chi connectivity index (χ0n) is 9.92. The van der Waals surface area contributed by atoms with E-state index in [1.54, 1.807) is 18.2 Å². The molecule has 0 fully saturated rings. The van der Waals surface area contributed by atoms with Gasteiger partial charge in [0.25, 0.3) is 5.91 Å². The number of nitrogens with two attached hydrogens (primary N) is 1. The van der Waals surface area contributed by atoms with Crippen molar-refractivity contribution in [2.24, 2.45) is 5.73 Å². The second-order valence-corrected chi connectivity index (χ2v) is 3.89. The molecule has 18 heavy (non-hydrogen) atoms. The summed E-state index contributed by atoms with van der Waals surface area (Å²) >= 11 is 0. The fraction of sp³-hybridized carbons (Fsp3) is 0.250. The van der Waals surface area contributed by atoms with Gasteiger partial charge in [0.2, 0.25) is 5.91 Å². The number of hydrogen-bond donors (Lipinski definition) is 2. The van der Waals surface area contributed by atoms with Crippen LogP contribution in [0.25, 0.3) is 0 Å². The van der Waals surface area contributed by atoms with Crippen molar-refractivity contribution in [3.05, 3.63) is 35.4 Å². The molecule has 0 aliphatic heterocycles. The minimum absolute atomic E-state index is 0.331. The molecular weight excluding hydrogens is 236 g/mol. The molecule has 0 saturated carbocycles. The van der Waals surface area contributed by atoms with Crippen LogP contribution < -0.4 is 5.73 Å². The number of carboxylic acids is 1. The summed E-state index contributed by atoms with van der Waals surface area (Å²) < 4.78 is 0. The number of aryl methyl sites for hydroxylation is 1. The van der Waals surface area contributed by atoms with Crippen molar-refractivity contribution in [2.45, 2.75) is 6.92 Å². The summed E-state index contributed by atoms with van der Waals surface area (Å²) in [4.78, 5) is 34.4. The fourth-order valence-corrected chi connectivity index (χ4v) is 1.51. The van der Waals surface area contributed by atoms with Crippen LogP contribution in [0.4, 0.5) is 0 Å². The largest absolute Gasteiger partial charge is 0.480 e. The molecule has 6 nitrogen and oxygen atoms in total. The van der Waals surface area contributed by atoms with Gasteiger partial charge in [-0.25, -0.2) is 0 Å². The van der Waals surface area contributed by atoms with E-state index in [0.29, 0.717) is 5.56 Å². The highest BCUT2D eigenvalue weighted by atomic mass is 16.4. The highest BCUT2D eigenvalue weighted by Gasteiger charge is 2.20. The first-order valence-corrected chi connectivity index (χ1v) is 5.26. The highest BCUT2D eigenvalue weighted by molar-refractivity contribution is 5.98. The van der Waals surface area contributed by atoms with Crippen LogP contribution >= 0.6 is 0 Å². The third kappa shape index (κ3) is 3.89. The number of carbonyl (C=O) groups excluding carboxylic acids is 2. The Hall–Kier alpha value is -2.37. The number of hydrogen-bond acceptors (Lipinski definition) is 3. The Bertz CT molecular complexity index is 469. The number of amides is 2. The molecule has 1 aromatic carbocycles. The maximum absolute atomic E-state index is 12.0. The number of benzene rings is 1. The van der Waals surface area contributed by atoms with Gasteiger partial charge in [-0.1, -0.05) is 17.7 Å². The molecule has 96 valence electrons. The van der Waals surface area contributed by atoms with Crippen LogP contribution in [0.2, 0.25) is 0 Å². The van der Waals surface area contributed by atoms with Gasteiger partial charge in [0.05, 0.1) is 0 Å². The average molecular weight is 250 g/mol. The Labute approximate surface area is 104 Å². The van der Waals surface area contributed by atoms with E-state index in [1.165, 1.54) is 0 Å². The van der Waals surface area contributed by atoms with E-state index in [0.717, 1.165) is 10.5 Å². The third-order valence-corrected chi connectivity index (χ3v) is 2.23. The van der Waals surface area contributed by atoms with E-state index in [1.807, 2.05) is 13.0 Å². The Morgan fingerprint density at radius 3 is 2.44 bits per heavy atom. The van der Waals surface area contributed by atoms with Crippen LogP contribution in [0.1, 0.15) is 15.9 Å². The maximum atomic E-state index is 12.0. The van der Waals surface area contributed by atoms with Gasteiger partial charge in [0, 0.05) is 5.56 Å². The van der Waals surface area contributed by atoms with Gasteiger partial charge < -0.3 is 15.7 Å². The molecule has 0 heterocycles. The second kappa shape index (κ2) is 5.81. The quantitative estimate of drug-likeness (QED) is 0.768. The van der Waals surface area contributed by atoms with Gasteiger partial charge in [-0.2, -0.15) is 0 Å². The Morgan fingerprint density at radius 1 is 1.28 bits per heavy atom. The number of aliphatic carboxylic acids is 1. The van der Waals surface area contributed by atoms with Crippen LogP contribution in [0, 0.1) is 6.92 Å². The van der Waals surface area contributed by atoms with Gasteiger partial charge in [-0.3, -0.25) is 14.4 Å². The number of nitrogens with zero attached hydrogens (tertiary/aromatic N) is 1. The SMILES string of the molecule is Cc1cccc(C(=O)N(CC(N)=O)CC(=O)O)c1. The van der Waals surface area contributed by atoms with Crippen molar-refractivity contribution >= 4 is 17.8 Å². The van der Waals surface area contributed by atoms with Gasteiger partial charge in [0.15, 0.2) is 0 Å². The van der Waals surface area contributed by atoms with Crippen molar-refractivity contribution in [3.63, 3.8) is 0 Å². The monoisotopic (exact) mass is 250 g/mol. The summed E-state index contributed by atoms with van der Waals surface area (Å²) in [6, 6.07) is 6.68. The molecule has 0 atom stereocenters. The zero-order chi connectivity index (χ0) is 13.7. The number of primary amides is 1. The van der Waals surface area contributed by atoms with Gasteiger partial charge in [0.1, 0.15) is 13.1 Å². The maximum Gasteiger partial charge on any atom is 0.323 e. The molecular formula is C12H14N2O4. The average Bonchev–Trinajstić information content (AvgIpc) is 2.26. The smallest absolute Gasteiger partial charge is 0.323 e. The summed E-state index contributed by atoms with van der Waals surface area (Å²) in [5.41, 5.74) is 6.19. The Morgan fingerprint density at radius 2 is 1.94 bits per heavy atom. The van der Waals surface area contributed by atoms with E-state index < -0.39 is 30.9 Å². The minimum Gasteiger partial charge on any atom is -0.480 e. The van der Waals surface area contributed by atoms with Crippen molar-refractivity contribution < 1.29 is 19.5 Å². The molecule has 0 saturated heterocycles. The van der Waals surface area contributed by atoms with E-state index in [9.17, 15) is 14.4 Å². The molecule has 0 spiro atoms. The van der Waals surface area contributed by atoms with E-state index in [4.69, 9.17) is 10.8 Å². The lowest BCUT2D eigenvalue weighted by Gasteiger charge is -2.19.